The zero-order chi connectivity index (χ0) is 19.4. The molecule has 27 heavy (non-hydrogen) atoms. The third-order valence-corrected chi connectivity index (χ3v) is 3.82. The van der Waals surface area contributed by atoms with Gasteiger partial charge in [-0.3, -0.25) is 4.98 Å². The molecule has 0 saturated heterocycles. The third kappa shape index (κ3) is 4.36. The van der Waals surface area contributed by atoms with Crippen LogP contribution >= 0.6 is 0 Å². The normalized spacial score (nSPS) is 12.0. The molecular weight excluding hydrogens is 351 g/mol. The van der Waals surface area contributed by atoms with Gasteiger partial charge in [-0.1, -0.05) is 0 Å². The fraction of sp³-hybridized carbons (Fsp3) is 0.211. The highest BCUT2D eigenvalue weighted by molar-refractivity contribution is 5.84. The molecule has 0 unspecified atom stereocenters. The number of pyridine rings is 1. The highest BCUT2D eigenvalue weighted by atomic mass is 19.1. The van der Waals surface area contributed by atoms with E-state index in [9.17, 15) is 9.50 Å². The van der Waals surface area contributed by atoms with E-state index in [1.165, 1.54) is 12.1 Å². The molecular formula is C19H19FN4O3. The molecule has 0 amide bonds. The third-order valence-electron chi connectivity index (χ3n) is 3.82. The summed E-state index contributed by atoms with van der Waals surface area (Å²) in [7, 11) is 0. The van der Waals surface area contributed by atoms with Gasteiger partial charge in [-0.25, -0.2) is 9.37 Å². The Morgan fingerprint density at radius 2 is 1.89 bits per heavy atom. The Balaban J connectivity index is 2.19. The van der Waals surface area contributed by atoms with Crippen LogP contribution in [0, 0.1) is 12.7 Å². The number of aliphatic hydroxyl groups excluding tert-OH is 2. The van der Waals surface area contributed by atoms with Gasteiger partial charge in [-0.2, -0.15) is 4.98 Å². The smallest absolute Gasteiger partial charge is 0.227 e. The molecule has 0 fully saturated rings. The van der Waals surface area contributed by atoms with Crippen molar-refractivity contribution in [3.63, 3.8) is 0 Å². The summed E-state index contributed by atoms with van der Waals surface area (Å²) in [6.07, 6.45) is 0.574. The number of nitrogens with two attached hydrogens (primary N) is 1. The molecule has 0 aliphatic carbocycles. The minimum atomic E-state index is -1.07. The zero-order valence-electron chi connectivity index (χ0n) is 14.6. The number of halogens is 1. The topological polar surface area (TPSA) is 114 Å². The molecule has 3 aromatic rings. The molecule has 2 aromatic heterocycles. The van der Waals surface area contributed by atoms with Crippen molar-refractivity contribution in [2.45, 2.75) is 13.0 Å². The second-order valence-electron chi connectivity index (χ2n) is 5.95. The molecule has 8 heteroatoms. The average Bonchev–Trinajstić information content (AvgIpc) is 2.66. The van der Waals surface area contributed by atoms with Crippen LogP contribution < -0.4 is 10.5 Å². The Morgan fingerprint density at radius 1 is 1.15 bits per heavy atom. The number of anilines is 1. The number of aliphatic hydroxyl groups is 2. The van der Waals surface area contributed by atoms with Crippen molar-refractivity contribution in [2.75, 3.05) is 18.9 Å². The summed E-state index contributed by atoms with van der Waals surface area (Å²) in [6, 6.07) is 9.42. The largest absolute Gasteiger partial charge is 0.474 e. The van der Waals surface area contributed by atoms with E-state index >= 15 is 0 Å². The van der Waals surface area contributed by atoms with Gasteiger partial charge in [0, 0.05) is 17.5 Å². The molecule has 2 heterocycles. The van der Waals surface area contributed by atoms with Crippen LogP contribution in [0.3, 0.4) is 0 Å². The van der Waals surface area contributed by atoms with E-state index in [-0.39, 0.29) is 24.3 Å². The summed E-state index contributed by atoms with van der Waals surface area (Å²) in [5.74, 6) is -0.248. The van der Waals surface area contributed by atoms with Gasteiger partial charge in [-0.15, -0.1) is 0 Å². The summed E-state index contributed by atoms with van der Waals surface area (Å²) >= 11 is 0. The Bertz CT molecular complexity index is 935. The van der Waals surface area contributed by atoms with Gasteiger partial charge < -0.3 is 20.7 Å². The monoisotopic (exact) mass is 370 g/mol. The summed E-state index contributed by atoms with van der Waals surface area (Å²) in [4.78, 5) is 12.7. The molecule has 0 aliphatic rings. The van der Waals surface area contributed by atoms with Crippen LogP contribution in [-0.2, 0) is 0 Å². The first-order valence-electron chi connectivity index (χ1n) is 8.26. The number of aryl methyl sites for hydroxylation is 1. The molecule has 1 atom stereocenters. The van der Waals surface area contributed by atoms with Gasteiger partial charge in [-0.05, 0) is 48.9 Å². The Labute approximate surface area is 155 Å². The lowest BCUT2D eigenvalue weighted by Gasteiger charge is -2.17. The summed E-state index contributed by atoms with van der Waals surface area (Å²) in [6.45, 7) is 1.22. The molecule has 0 radical (unpaired) electrons. The van der Waals surface area contributed by atoms with Crippen molar-refractivity contribution in [2.24, 2.45) is 0 Å². The van der Waals surface area contributed by atoms with Crippen LogP contribution in [0.25, 0.3) is 22.4 Å². The minimum Gasteiger partial charge on any atom is -0.474 e. The van der Waals surface area contributed by atoms with Crippen molar-refractivity contribution >= 4 is 5.95 Å². The number of hydrogen-bond donors (Lipinski definition) is 3. The predicted molar refractivity (Wildman–Crippen MR) is 98.4 cm³/mol. The molecule has 7 nitrogen and oxygen atoms in total. The van der Waals surface area contributed by atoms with Crippen molar-refractivity contribution < 1.29 is 19.3 Å². The maximum atomic E-state index is 13.3. The second kappa shape index (κ2) is 8.07. The van der Waals surface area contributed by atoms with E-state index in [0.717, 1.165) is 11.3 Å². The maximum Gasteiger partial charge on any atom is 0.227 e. The van der Waals surface area contributed by atoms with Crippen molar-refractivity contribution in [3.05, 3.63) is 54.1 Å². The summed E-state index contributed by atoms with van der Waals surface area (Å²) in [5, 5.41) is 18.6. The Kier molecular flexibility index (Phi) is 5.58. The number of hydrogen-bond acceptors (Lipinski definition) is 7. The first-order chi connectivity index (χ1) is 13.0. The van der Waals surface area contributed by atoms with Crippen LogP contribution in [0.4, 0.5) is 10.3 Å². The first-order valence-corrected chi connectivity index (χ1v) is 8.26. The van der Waals surface area contributed by atoms with E-state index in [2.05, 4.69) is 15.0 Å². The lowest BCUT2D eigenvalue weighted by atomic mass is 10.0. The number of ether oxygens (including phenoxy) is 1. The highest BCUT2D eigenvalue weighted by Crippen LogP contribution is 2.37. The van der Waals surface area contributed by atoms with Crippen LogP contribution in [-0.4, -0.2) is 44.5 Å². The first kappa shape index (κ1) is 18.7. The molecule has 0 saturated carbocycles. The molecule has 140 valence electrons. The zero-order valence-corrected chi connectivity index (χ0v) is 14.6. The quantitative estimate of drug-likeness (QED) is 0.608. The van der Waals surface area contributed by atoms with Crippen LogP contribution in [0.2, 0.25) is 0 Å². The van der Waals surface area contributed by atoms with Gasteiger partial charge in [0.25, 0.3) is 0 Å². The van der Waals surface area contributed by atoms with Crippen molar-refractivity contribution in [3.8, 4) is 28.3 Å². The molecule has 3 rings (SSSR count). The molecule has 4 N–H and O–H groups in total. The number of nitrogen functional groups attached to an aromatic ring is 1. The van der Waals surface area contributed by atoms with E-state index in [4.69, 9.17) is 15.6 Å². The van der Waals surface area contributed by atoms with Crippen molar-refractivity contribution in [1.82, 2.24) is 15.0 Å². The Hall–Kier alpha value is -3.10. The molecule has 0 spiro atoms. The molecule has 0 aliphatic heterocycles. The van der Waals surface area contributed by atoms with Gasteiger partial charge >= 0.3 is 0 Å². The second-order valence-corrected chi connectivity index (χ2v) is 5.95. The Morgan fingerprint density at radius 3 is 2.56 bits per heavy atom. The van der Waals surface area contributed by atoms with E-state index in [1.54, 1.807) is 24.4 Å². The van der Waals surface area contributed by atoms with Gasteiger partial charge in [0.2, 0.25) is 11.8 Å². The summed E-state index contributed by atoms with van der Waals surface area (Å²) in [5.41, 5.74) is 8.97. The van der Waals surface area contributed by atoms with E-state index < -0.39 is 12.7 Å². The highest BCUT2D eigenvalue weighted by Gasteiger charge is 2.20. The lowest BCUT2D eigenvalue weighted by Crippen LogP contribution is -2.22. The number of rotatable bonds is 6. The molecule has 0 bridgehead atoms. The van der Waals surface area contributed by atoms with Crippen LogP contribution in [0.15, 0.2) is 42.6 Å². The van der Waals surface area contributed by atoms with Crippen LogP contribution in [0.1, 0.15) is 5.69 Å². The van der Waals surface area contributed by atoms with Crippen LogP contribution in [0.5, 0.6) is 5.88 Å². The van der Waals surface area contributed by atoms with Gasteiger partial charge in [0.15, 0.2) is 0 Å². The SMILES string of the molecule is Cc1cc(-c2c(OC[C@H](O)CO)nc(N)nc2-c2ccc(F)cc2)ccn1. The van der Waals surface area contributed by atoms with Gasteiger partial charge in [0.05, 0.1) is 17.9 Å². The fourth-order valence-corrected chi connectivity index (χ4v) is 2.57. The minimum absolute atomic E-state index is 0.0302. The number of aromatic nitrogens is 3. The van der Waals surface area contributed by atoms with E-state index in [1.807, 2.05) is 13.0 Å². The fourth-order valence-electron chi connectivity index (χ4n) is 2.57. The lowest BCUT2D eigenvalue weighted by molar-refractivity contribution is 0.0523. The molecule has 1 aromatic carbocycles. The summed E-state index contributed by atoms with van der Waals surface area (Å²) < 4.78 is 19.0. The average molecular weight is 370 g/mol. The predicted octanol–water partition coefficient (Wildman–Crippen LogP) is 1.97. The number of benzene rings is 1. The standard InChI is InChI=1S/C19H19FN4O3/c1-11-8-13(6-7-22-11)16-17(12-2-4-14(20)5-3-12)23-19(21)24-18(16)27-10-15(26)9-25/h2-8,15,25-26H,9-10H2,1H3,(H2,21,23,24)/t15-/m1/s1. The van der Waals surface area contributed by atoms with Gasteiger partial charge in [0.1, 0.15) is 18.5 Å². The van der Waals surface area contributed by atoms with E-state index in [0.29, 0.717) is 16.8 Å². The van der Waals surface area contributed by atoms with Crippen molar-refractivity contribution in [1.29, 1.82) is 0 Å². The maximum absolute atomic E-state index is 13.3. The number of nitrogens with zero attached hydrogens (tertiary/aromatic N) is 3.